The molecule has 0 bridgehead atoms. The summed E-state index contributed by atoms with van der Waals surface area (Å²) in [5.74, 6) is 0. The van der Waals surface area contributed by atoms with Crippen molar-refractivity contribution in [1.29, 1.82) is 0 Å². The van der Waals surface area contributed by atoms with Crippen LogP contribution in [0.4, 0.5) is 10.5 Å². The molecule has 0 spiro atoms. The molecule has 1 fully saturated rings. The van der Waals surface area contributed by atoms with Crippen molar-refractivity contribution < 1.29 is 9.53 Å². The maximum Gasteiger partial charge on any atom is 0.319 e. The topological polar surface area (TPSA) is 53.6 Å². The van der Waals surface area contributed by atoms with Gasteiger partial charge in [0.15, 0.2) is 0 Å². The van der Waals surface area contributed by atoms with Crippen LogP contribution in [0.15, 0.2) is 16.6 Å². The molecule has 1 heterocycles. The quantitative estimate of drug-likeness (QED) is 0.857. The molecule has 1 aliphatic rings. The van der Waals surface area contributed by atoms with Gasteiger partial charge in [0.05, 0.1) is 13.2 Å². The van der Waals surface area contributed by atoms with Crippen molar-refractivity contribution in [3.8, 4) is 0 Å². The van der Waals surface area contributed by atoms with Gasteiger partial charge >= 0.3 is 6.03 Å². The fraction of sp³-hybridized carbons (Fsp3) is 0.562. The molecular weight excluding hydrogens is 346 g/mol. The van der Waals surface area contributed by atoms with Crippen LogP contribution in [0.3, 0.4) is 0 Å². The second-order valence-electron chi connectivity index (χ2n) is 5.75. The van der Waals surface area contributed by atoms with Gasteiger partial charge in [-0.2, -0.15) is 0 Å². The van der Waals surface area contributed by atoms with E-state index in [1.807, 2.05) is 26.0 Å². The van der Waals surface area contributed by atoms with Crippen LogP contribution >= 0.6 is 15.9 Å². The first-order chi connectivity index (χ1) is 10.5. The number of hydrogen-bond acceptors (Lipinski definition) is 3. The van der Waals surface area contributed by atoms with E-state index in [9.17, 15) is 4.79 Å². The van der Waals surface area contributed by atoms with E-state index in [-0.39, 0.29) is 6.03 Å². The Bertz CT molecular complexity index is 507. The molecule has 2 amide bonds. The second kappa shape index (κ2) is 7.94. The highest BCUT2D eigenvalue weighted by Crippen LogP contribution is 2.24. The number of ether oxygens (including phenoxy) is 1. The highest BCUT2D eigenvalue weighted by molar-refractivity contribution is 9.10. The van der Waals surface area contributed by atoms with Gasteiger partial charge in [-0.3, -0.25) is 4.90 Å². The highest BCUT2D eigenvalue weighted by Gasteiger charge is 2.17. The summed E-state index contributed by atoms with van der Waals surface area (Å²) in [4.78, 5) is 14.4. The van der Waals surface area contributed by atoms with Crippen LogP contribution in [-0.2, 0) is 4.74 Å². The third-order valence-electron chi connectivity index (χ3n) is 3.96. The molecule has 2 N–H and O–H groups in total. The van der Waals surface area contributed by atoms with E-state index < -0.39 is 0 Å². The number of carbonyl (C=O) groups is 1. The van der Waals surface area contributed by atoms with Crippen molar-refractivity contribution in [2.24, 2.45) is 0 Å². The summed E-state index contributed by atoms with van der Waals surface area (Å²) >= 11 is 3.46. The van der Waals surface area contributed by atoms with Crippen molar-refractivity contribution in [1.82, 2.24) is 10.2 Å². The van der Waals surface area contributed by atoms with Crippen molar-refractivity contribution >= 4 is 27.6 Å². The molecule has 1 aromatic carbocycles. The lowest BCUT2D eigenvalue weighted by Gasteiger charge is -2.32. The van der Waals surface area contributed by atoms with E-state index in [0.29, 0.717) is 12.6 Å². The summed E-state index contributed by atoms with van der Waals surface area (Å²) in [6.07, 6.45) is 0. The first-order valence-corrected chi connectivity index (χ1v) is 8.40. The summed E-state index contributed by atoms with van der Waals surface area (Å²) in [5.41, 5.74) is 2.96. The Labute approximate surface area is 140 Å². The maximum absolute atomic E-state index is 12.1. The molecule has 0 radical (unpaired) electrons. The van der Waals surface area contributed by atoms with Crippen LogP contribution in [0.5, 0.6) is 0 Å². The molecule has 2 rings (SSSR count). The van der Waals surface area contributed by atoms with Crippen LogP contribution in [0, 0.1) is 13.8 Å². The van der Waals surface area contributed by atoms with Gasteiger partial charge in [0, 0.05) is 35.8 Å². The minimum Gasteiger partial charge on any atom is -0.379 e. The van der Waals surface area contributed by atoms with Gasteiger partial charge in [-0.25, -0.2) is 4.79 Å². The van der Waals surface area contributed by atoms with Crippen LogP contribution < -0.4 is 10.6 Å². The van der Waals surface area contributed by atoms with Gasteiger partial charge < -0.3 is 15.4 Å². The first kappa shape index (κ1) is 17.2. The van der Waals surface area contributed by atoms with Gasteiger partial charge in [0.25, 0.3) is 0 Å². The standard InChI is InChI=1S/C16H24BrN3O2/c1-11-8-14(17)9-12(2)15(11)19-16(21)18-10-13(3)20-4-6-22-7-5-20/h8-9,13H,4-7,10H2,1-3H3,(H2,18,19,21)/t13-/m1/s1. The van der Waals surface area contributed by atoms with E-state index in [1.165, 1.54) is 0 Å². The molecule has 0 aliphatic carbocycles. The second-order valence-corrected chi connectivity index (χ2v) is 6.66. The predicted molar refractivity (Wildman–Crippen MR) is 92.5 cm³/mol. The van der Waals surface area contributed by atoms with E-state index in [0.717, 1.165) is 47.6 Å². The Morgan fingerprint density at radius 2 is 1.91 bits per heavy atom. The monoisotopic (exact) mass is 369 g/mol. The number of aryl methyl sites for hydroxylation is 2. The summed E-state index contributed by atoms with van der Waals surface area (Å²) in [7, 11) is 0. The zero-order valence-corrected chi connectivity index (χ0v) is 15.0. The molecule has 0 aromatic heterocycles. The van der Waals surface area contributed by atoms with Gasteiger partial charge in [-0.05, 0) is 44.0 Å². The number of rotatable bonds is 4. The number of morpholine rings is 1. The Kier molecular flexibility index (Phi) is 6.23. The molecule has 5 nitrogen and oxygen atoms in total. The number of benzene rings is 1. The fourth-order valence-electron chi connectivity index (χ4n) is 2.65. The van der Waals surface area contributed by atoms with Crippen LogP contribution in [0.1, 0.15) is 18.1 Å². The normalized spacial score (nSPS) is 17.1. The van der Waals surface area contributed by atoms with E-state index in [1.54, 1.807) is 0 Å². The Hall–Kier alpha value is -1.11. The van der Waals surface area contributed by atoms with Crippen LogP contribution in [0.25, 0.3) is 0 Å². The molecule has 22 heavy (non-hydrogen) atoms. The van der Waals surface area contributed by atoms with Gasteiger partial charge in [0.1, 0.15) is 0 Å². The number of amides is 2. The number of nitrogens with one attached hydrogen (secondary N) is 2. The minimum atomic E-state index is -0.159. The Morgan fingerprint density at radius 3 is 2.50 bits per heavy atom. The third kappa shape index (κ3) is 4.69. The largest absolute Gasteiger partial charge is 0.379 e. The lowest BCUT2D eigenvalue weighted by Crippen LogP contribution is -2.47. The van der Waals surface area contributed by atoms with E-state index in [2.05, 4.69) is 38.4 Å². The molecule has 1 saturated heterocycles. The van der Waals surface area contributed by atoms with Crippen molar-refractivity contribution in [2.75, 3.05) is 38.2 Å². The number of anilines is 1. The summed E-state index contributed by atoms with van der Waals surface area (Å²) < 4.78 is 6.37. The number of carbonyl (C=O) groups excluding carboxylic acids is 1. The maximum atomic E-state index is 12.1. The average molecular weight is 370 g/mol. The van der Waals surface area contributed by atoms with E-state index >= 15 is 0 Å². The van der Waals surface area contributed by atoms with Gasteiger partial charge in [-0.1, -0.05) is 15.9 Å². The highest BCUT2D eigenvalue weighted by atomic mass is 79.9. The van der Waals surface area contributed by atoms with Crippen LogP contribution in [-0.4, -0.2) is 49.8 Å². The fourth-order valence-corrected chi connectivity index (χ4v) is 3.34. The SMILES string of the molecule is Cc1cc(Br)cc(C)c1NC(=O)NC[C@@H](C)N1CCOCC1. The number of nitrogens with zero attached hydrogens (tertiary/aromatic N) is 1. The van der Waals surface area contributed by atoms with Crippen molar-refractivity contribution in [3.05, 3.63) is 27.7 Å². The summed E-state index contributed by atoms with van der Waals surface area (Å²) in [6.45, 7) is 10.1. The molecule has 122 valence electrons. The molecule has 1 atom stereocenters. The molecule has 1 aromatic rings. The molecular formula is C16H24BrN3O2. The number of hydrogen-bond donors (Lipinski definition) is 2. The third-order valence-corrected chi connectivity index (χ3v) is 4.42. The predicted octanol–water partition coefficient (Wildman–Crippen LogP) is 2.91. The Morgan fingerprint density at radius 1 is 1.32 bits per heavy atom. The molecule has 6 heteroatoms. The molecule has 0 saturated carbocycles. The van der Waals surface area contributed by atoms with E-state index in [4.69, 9.17) is 4.74 Å². The van der Waals surface area contributed by atoms with Crippen LogP contribution in [0.2, 0.25) is 0 Å². The zero-order valence-electron chi connectivity index (χ0n) is 13.4. The Balaban J connectivity index is 1.85. The average Bonchev–Trinajstić information content (AvgIpc) is 2.49. The summed E-state index contributed by atoms with van der Waals surface area (Å²) in [6, 6.07) is 4.15. The lowest BCUT2D eigenvalue weighted by molar-refractivity contribution is 0.0209. The first-order valence-electron chi connectivity index (χ1n) is 7.60. The zero-order chi connectivity index (χ0) is 16.1. The van der Waals surface area contributed by atoms with Gasteiger partial charge in [-0.15, -0.1) is 0 Å². The number of urea groups is 1. The molecule has 0 unspecified atom stereocenters. The summed E-state index contributed by atoms with van der Waals surface area (Å²) in [5, 5.41) is 5.90. The molecule has 1 aliphatic heterocycles. The van der Waals surface area contributed by atoms with Crippen molar-refractivity contribution in [3.63, 3.8) is 0 Å². The number of halogens is 1. The smallest absolute Gasteiger partial charge is 0.319 e. The van der Waals surface area contributed by atoms with Gasteiger partial charge in [0.2, 0.25) is 0 Å². The van der Waals surface area contributed by atoms with Crippen molar-refractivity contribution in [2.45, 2.75) is 26.8 Å². The minimum absolute atomic E-state index is 0.159. The lowest BCUT2D eigenvalue weighted by atomic mass is 10.1.